The molecule has 0 spiro atoms. The van der Waals surface area contributed by atoms with E-state index in [1.165, 1.54) is 17.7 Å². The normalized spacial score (nSPS) is 16.0. The first-order valence-electron chi connectivity index (χ1n) is 10.0. The summed E-state index contributed by atoms with van der Waals surface area (Å²) >= 11 is 0. The molecule has 0 bridgehead atoms. The van der Waals surface area contributed by atoms with Gasteiger partial charge < -0.3 is 14.4 Å². The molecule has 27 heavy (non-hydrogen) atoms. The molecule has 1 fully saturated rings. The van der Waals surface area contributed by atoms with Gasteiger partial charge in [0.1, 0.15) is 18.8 Å². The minimum atomic E-state index is -0.188. The minimum absolute atomic E-state index is 0.163. The van der Waals surface area contributed by atoms with E-state index >= 15 is 0 Å². The summed E-state index contributed by atoms with van der Waals surface area (Å²) in [6.07, 6.45) is 3.42. The van der Waals surface area contributed by atoms with E-state index in [1.54, 1.807) is 0 Å². The molecule has 4 nitrogen and oxygen atoms in total. The average molecular weight is 368 g/mol. The Bertz CT molecular complexity index is 693. The Labute approximate surface area is 162 Å². The van der Waals surface area contributed by atoms with Crippen molar-refractivity contribution in [3.63, 3.8) is 0 Å². The van der Waals surface area contributed by atoms with Crippen LogP contribution in [0.25, 0.3) is 0 Å². The van der Waals surface area contributed by atoms with Gasteiger partial charge in [0.25, 0.3) is 0 Å². The molecule has 1 atom stereocenters. The zero-order valence-corrected chi connectivity index (χ0v) is 16.2. The van der Waals surface area contributed by atoms with Gasteiger partial charge in [0.2, 0.25) is 5.78 Å². The lowest BCUT2D eigenvalue weighted by molar-refractivity contribution is -0.928. The lowest BCUT2D eigenvalue weighted by Gasteiger charge is -2.31. The fraction of sp³-hybridized carbons (Fsp3) is 0.435. The molecular weight excluding hydrogens is 338 g/mol. The Hall–Kier alpha value is -2.17. The van der Waals surface area contributed by atoms with Crippen LogP contribution in [0.4, 0.5) is 0 Å². The van der Waals surface area contributed by atoms with Crippen molar-refractivity contribution < 1.29 is 19.2 Å². The van der Waals surface area contributed by atoms with E-state index in [0.29, 0.717) is 13.2 Å². The fourth-order valence-corrected chi connectivity index (χ4v) is 3.56. The zero-order chi connectivity index (χ0) is 18.9. The molecule has 0 saturated carbocycles. The van der Waals surface area contributed by atoms with E-state index in [0.717, 1.165) is 43.0 Å². The van der Waals surface area contributed by atoms with Crippen LogP contribution in [0.1, 0.15) is 48.1 Å². The number of morpholine rings is 1. The van der Waals surface area contributed by atoms with Crippen molar-refractivity contribution in [2.75, 3.05) is 32.9 Å². The predicted octanol–water partition coefficient (Wildman–Crippen LogP) is 3.09. The topological polar surface area (TPSA) is 40.0 Å². The summed E-state index contributed by atoms with van der Waals surface area (Å²) in [6, 6.07) is 17.5. The van der Waals surface area contributed by atoms with Crippen LogP contribution in [0.2, 0.25) is 0 Å². The zero-order valence-electron chi connectivity index (χ0n) is 16.2. The summed E-state index contributed by atoms with van der Waals surface area (Å²) in [7, 11) is 0. The van der Waals surface area contributed by atoms with Crippen LogP contribution in [0.5, 0.6) is 5.75 Å². The Morgan fingerprint density at radius 1 is 1.04 bits per heavy atom. The number of hydrogen-bond donors (Lipinski definition) is 1. The van der Waals surface area contributed by atoms with Crippen molar-refractivity contribution >= 4 is 5.78 Å². The van der Waals surface area contributed by atoms with Gasteiger partial charge in [-0.25, -0.2) is 0 Å². The van der Waals surface area contributed by atoms with Crippen LogP contribution in [-0.4, -0.2) is 38.7 Å². The lowest BCUT2D eigenvalue weighted by Crippen LogP contribution is -3.15. The van der Waals surface area contributed by atoms with Crippen molar-refractivity contribution in [2.24, 2.45) is 0 Å². The molecule has 1 N–H and O–H groups in total. The Kier molecular flexibility index (Phi) is 7.43. The third-order valence-corrected chi connectivity index (χ3v) is 5.09. The molecule has 1 unspecified atom stereocenters. The number of Topliss-reactive ketones (excluding diaryl/α,β-unsaturated/α-hetero) is 1. The number of quaternary nitrogens is 1. The molecule has 2 aromatic carbocycles. The quantitative estimate of drug-likeness (QED) is 0.546. The maximum Gasteiger partial charge on any atom is 0.224 e. The molecule has 1 aliphatic heterocycles. The van der Waals surface area contributed by atoms with E-state index in [1.807, 2.05) is 42.5 Å². The van der Waals surface area contributed by atoms with Crippen molar-refractivity contribution in [2.45, 2.75) is 32.2 Å². The Morgan fingerprint density at radius 2 is 1.74 bits per heavy atom. The van der Waals surface area contributed by atoms with Crippen molar-refractivity contribution in [1.82, 2.24) is 0 Å². The smallest absolute Gasteiger partial charge is 0.224 e. The van der Waals surface area contributed by atoms with Crippen LogP contribution >= 0.6 is 0 Å². The molecule has 0 amide bonds. The molecule has 0 aromatic heterocycles. The molecule has 2 aromatic rings. The molecular formula is C23H30NO3+. The SMILES string of the molecule is CCCCCOc1ccc(C(=O)C(c2ccccc2)[NH+]2CCOCC2)cc1. The van der Waals surface area contributed by atoms with Gasteiger partial charge in [0, 0.05) is 11.1 Å². The second-order valence-corrected chi connectivity index (χ2v) is 7.06. The standard InChI is InChI=1S/C23H29NO3/c1-2-3-7-16-27-21-12-10-20(11-13-21)23(25)22(19-8-5-4-6-9-19)24-14-17-26-18-15-24/h4-6,8-13,22H,2-3,7,14-18H2,1H3/p+1. The summed E-state index contributed by atoms with van der Waals surface area (Å²) in [5.41, 5.74) is 1.81. The number of benzene rings is 2. The molecule has 3 rings (SSSR count). The molecule has 144 valence electrons. The summed E-state index contributed by atoms with van der Waals surface area (Å²) in [5.74, 6) is 0.994. The van der Waals surface area contributed by atoms with Crippen LogP contribution in [0.3, 0.4) is 0 Å². The number of rotatable bonds is 9. The number of carbonyl (C=O) groups excluding carboxylic acids is 1. The molecule has 1 aliphatic rings. The molecule has 4 heteroatoms. The van der Waals surface area contributed by atoms with Crippen LogP contribution in [0, 0.1) is 0 Å². The van der Waals surface area contributed by atoms with Crippen molar-refractivity contribution in [1.29, 1.82) is 0 Å². The second kappa shape index (κ2) is 10.2. The van der Waals surface area contributed by atoms with E-state index in [-0.39, 0.29) is 11.8 Å². The van der Waals surface area contributed by atoms with Crippen LogP contribution in [-0.2, 0) is 4.74 Å². The first-order valence-corrected chi connectivity index (χ1v) is 10.0. The van der Waals surface area contributed by atoms with Gasteiger partial charge in [-0.2, -0.15) is 0 Å². The van der Waals surface area contributed by atoms with Crippen molar-refractivity contribution in [3.8, 4) is 5.75 Å². The highest BCUT2D eigenvalue weighted by Crippen LogP contribution is 2.19. The van der Waals surface area contributed by atoms with Gasteiger partial charge in [0.05, 0.1) is 19.8 Å². The molecule has 1 saturated heterocycles. The molecule has 0 radical (unpaired) electrons. The fourth-order valence-electron chi connectivity index (χ4n) is 3.56. The third kappa shape index (κ3) is 5.41. The van der Waals surface area contributed by atoms with Gasteiger partial charge >= 0.3 is 0 Å². The van der Waals surface area contributed by atoms with Gasteiger partial charge in [-0.3, -0.25) is 4.79 Å². The highest BCUT2D eigenvalue weighted by Gasteiger charge is 2.33. The maximum absolute atomic E-state index is 13.4. The van der Waals surface area contributed by atoms with E-state index < -0.39 is 0 Å². The van der Waals surface area contributed by atoms with Crippen LogP contribution in [0.15, 0.2) is 54.6 Å². The Balaban J connectivity index is 1.73. The molecule has 0 aliphatic carbocycles. The van der Waals surface area contributed by atoms with Gasteiger partial charge in [0.15, 0.2) is 6.04 Å². The summed E-state index contributed by atoms with van der Waals surface area (Å²) in [4.78, 5) is 14.6. The summed E-state index contributed by atoms with van der Waals surface area (Å²) < 4.78 is 11.3. The number of unbranched alkanes of at least 4 members (excludes halogenated alkanes) is 2. The molecule has 1 heterocycles. The van der Waals surface area contributed by atoms with E-state index in [4.69, 9.17) is 9.47 Å². The largest absolute Gasteiger partial charge is 0.494 e. The monoisotopic (exact) mass is 368 g/mol. The number of carbonyl (C=O) groups is 1. The minimum Gasteiger partial charge on any atom is -0.494 e. The lowest BCUT2D eigenvalue weighted by atomic mass is 9.95. The average Bonchev–Trinajstić information content (AvgIpc) is 2.73. The summed E-state index contributed by atoms with van der Waals surface area (Å²) in [6.45, 7) is 6.02. The number of ether oxygens (including phenoxy) is 2. The second-order valence-electron chi connectivity index (χ2n) is 7.06. The number of nitrogens with one attached hydrogen (secondary N) is 1. The number of hydrogen-bond acceptors (Lipinski definition) is 3. The summed E-state index contributed by atoms with van der Waals surface area (Å²) in [5, 5.41) is 0. The highest BCUT2D eigenvalue weighted by molar-refractivity contribution is 5.99. The van der Waals surface area contributed by atoms with Gasteiger partial charge in [-0.1, -0.05) is 50.1 Å². The van der Waals surface area contributed by atoms with Gasteiger partial charge in [-0.05, 0) is 30.7 Å². The first-order chi connectivity index (χ1) is 13.3. The van der Waals surface area contributed by atoms with Gasteiger partial charge in [-0.15, -0.1) is 0 Å². The van der Waals surface area contributed by atoms with Crippen LogP contribution < -0.4 is 9.64 Å². The first kappa shape index (κ1) is 19.6. The predicted molar refractivity (Wildman–Crippen MR) is 106 cm³/mol. The van der Waals surface area contributed by atoms with Crippen molar-refractivity contribution in [3.05, 3.63) is 65.7 Å². The Morgan fingerprint density at radius 3 is 2.41 bits per heavy atom. The van der Waals surface area contributed by atoms with E-state index in [9.17, 15) is 4.79 Å². The third-order valence-electron chi connectivity index (χ3n) is 5.09. The maximum atomic E-state index is 13.4. The van der Waals surface area contributed by atoms with E-state index in [2.05, 4.69) is 19.1 Å². The number of ketones is 1. The highest BCUT2D eigenvalue weighted by atomic mass is 16.5.